The van der Waals surface area contributed by atoms with Crippen molar-refractivity contribution < 1.29 is 19.0 Å². The first-order valence-electron chi connectivity index (χ1n) is 10.0. The Hall–Kier alpha value is -2.09. The van der Waals surface area contributed by atoms with E-state index >= 15 is 0 Å². The van der Waals surface area contributed by atoms with Crippen molar-refractivity contribution in [1.29, 1.82) is 0 Å². The van der Waals surface area contributed by atoms with E-state index in [9.17, 15) is 9.90 Å². The van der Waals surface area contributed by atoms with Crippen LogP contribution in [-0.2, 0) is 4.74 Å². The van der Waals surface area contributed by atoms with Crippen LogP contribution in [0.1, 0.15) is 18.4 Å². The first-order chi connectivity index (χ1) is 13.7. The van der Waals surface area contributed by atoms with E-state index in [4.69, 9.17) is 13.9 Å². The number of rotatable bonds is 6. The molecule has 2 fully saturated rings. The number of aryl methyl sites for hydroxylation is 1. The van der Waals surface area contributed by atoms with Crippen LogP contribution in [0.4, 0.5) is 5.88 Å². The van der Waals surface area contributed by atoms with E-state index in [0.717, 1.165) is 37.2 Å². The Labute approximate surface area is 164 Å². The van der Waals surface area contributed by atoms with Gasteiger partial charge >= 0.3 is 0 Å². The zero-order valence-electron chi connectivity index (χ0n) is 16.4. The minimum Gasteiger partial charge on any atom is -0.492 e. The van der Waals surface area contributed by atoms with Crippen molar-refractivity contribution in [2.75, 3.05) is 57.5 Å². The van der Waals surface area contributed by atoms with Gasteiger partial charge in [0, 0.05) is 37.3 Å². The van der Waals surface area contributed by atoms with Crippen LogP contribution in [0.2, 0.25) is 0 Å². The minimum atomic E-state index is -0.0414. The summed E-state index contributed by atoms with van der Waals surface area (Å²) in [5, 5.41) is 10.0. The van der Waals surface area contributed by atoms with Crippen molar-refractivity contribution >= 4 is 16.9 Å². The summed E-state index contributed by atoms with van der Waals surface area (Å²) < 4.78 is 17.5. The van der Waals surface area contributed by atoms with E-state index in [1.54, 1.807) is 12.1 Å². The third kappa shape index (κ3) is 3.87. The Bertz CT molecular complexity index is 875. The lowest BCUT2D eigenvalue weighted by Gasteiger charge is -2.27. The van der Waals surface area contributed by atoms with Crippen molar-refractivity contribution in [3.05, 3.63) is 34.0 Å². The number of anilines is 1. The van der Waals surface area contributed by atoms with E-state index in [2.05, 4.69) is 4.90 Å². The third-order valence-corrected chi connectivity index (χ3v) is 5.75. The smallest absolute Gasteiger partial charge is 0.200 e. The number of aliphatic hydroxyl groups excluding tert-OH is 1. The van der Waals surface area contributed by atoms with Gasteiger partial charge in [0.1, 0.15) is 17.9 Å². The summed E-state index contributed by atoms with van der Waals surface area (Å²) in [4.78, 5) is 16.9. The second-order valence-electron chi connectivity index (χ2n) is 7.48. The summed E-state index contributed by atoms with van der Waals surface area (Å²) in [6.07, 6.45) is 2.16. The van der Waals surface area contributed by atoms with Gasteiger partial charge < -0.3 is 23.9 Å². The van der Waals surface area contributed by atoms with Crippen LogP contribution in [0, 0.1) is 6.92 Å². The summed E-state index contributed by atoms with van der Waals surface area (Å²) in [7, 11) is 0. The number of hydrogen-bond donors (Lipinski definition) is 1. The van der Waals surface area contributed by atoms with E-state index in [1.165, 1.54) is 0 Å². The van der Waals surface area contributed by atoms with E-state index in [1.807, 2.05) is 17.9 Å². The average molecular weight is 388 g/mol. The first kappa shape index (κ1) is 19.2. The summed E-state index contributed by atoms with van der Waals surface area (Å²) >= 11 is 0. The molecule has 152 valence electrons. The van der Waals surface area contributed by atoms with Gasteiger partial charge in [0.2, 0.25) is 0 Å². The van der Waals surface area contributed by atoms with Crippen LogP contribution < -0.4 is 15.1 Å². The molecule has 1 aromatic heterocycles. The number of nitrogens with zero attached hydrogens (tertiary/aromatic N) is 2. The van der Waals surface area contributed by atoms with Gasteiger partial charge in [-0.15, -0.1) is 0 Å². The Morgan fingerprint density at radius 2 is 2.07 bits per heavy atom. The molecule has 3 heterocycles. The van der Waals surface area contributed by atoms with Crippen LogP contribution in [0.5, 0.6) is 5.75 Å². The molecule has 2 saturated heterocycles. The standard InChI is InChI=1S/C21H28N2O5/c1-15-19(27-12-9-22-6-2-3-16(22)14-24)5-4-17-18(25)13-20(28-21(15)17)23-7-10-26-11-8-23/h4-5,13,16,24H,2-3,6-12,14H2,1H3/t16-/m1/s1. The molecule has 1 N–H and O–H groups in total. The third-order valence-electron chi connectivity index (χ3n) is 5.75. The molecular weight excluding hydrogens is 360 g/mol. The fourth-order valence-corrected chi connectivity index (χ4v) is 4.09. The number of likely N-dealkylation sites (tertiary alicyclic amines) is 1. The normalized spacial score (nSPS) is 20.8. The lowest BCUT2D eigenvalue weighted by atomic mass is 10.1. The highest BCUT2D eigenvalue weighted by molar-refractivity contribution is 5.82. The van der Waals surface area contributed by atoms with Crippen LogP contribution in [-0.4, -0.2) is 68.7 Å². The fraction of sp³-hybridized carbons (Fsp3) is 0.571. The van der Waals surface area contributed by atoms with Crippen molar-refractivity contribution in [3.63, 3.8) is 0 Å². The fourth-order valence-electron chi connectivity index (χ4n) is 4.09. The predicted octanol–water partition coefficient (Wildman–Crippen LogP) is 1.77. The quantitative estimate of drug-likeness (QED) is 0.808. The van der Waals surface area contributed by atoms with Crippen LogP contribution in [0.15, 0.2) is 27.4 Å². The molecule has 2 aromatic rings. The molecule has 7 nitrogen and oxygen atoms in total. The van der Waals surface area contributed by atoms with Gasteiger partial charge in [0.25, 0.3) is 0 Å². The molecule has 2 aliphatic heterocycles. The second kappa shape index (κ2) is 8.51. The Morgan fingerprint density at radius 1 is 1.25 bits per heavy atom. The predicted molar refractivity (Wildman–Crippen MR) is 107 cm³/mol. The maximum Gasteiger partial charge on any atom is 0.200 e. The molecule has 0 radical (unpaired) electrons. The van der Waals surface area contributed by atoms with Gasteiger partial charge in [0.05, 0.1) is 25.2 Å². The highest BCUT2D eigenvalue weighted by Crippen LogP contribution is 2.29. The van der Waals surface area contributed by atoms with Crippen molar-refractivity contribution in [3.8, 4) is 5.75 Å². The molecule has 0 aliphatic carbocycles. The lowest BCUT2D eigenvalue weighted by Crippen LogP contribution is -2.36. The number of fused-ring (bicyclic) bond motifs is 1. The number of morpholine rings is 1. The second-order valence-corrected chi connectivity index (χ2v) is 7.48. The Kier molecular flexibility index (Phi) is 5.85. The Morgan fingerprint density at radius 3 is 2.86 bits per heavy atom. The highest BCUT2D eigenvalue weighted by atomic mass is 16.5. The largest absolute Gasteiger partial charge is 0.492 e. The van der Waals surface area contributed by atoms with Gasteiger partial charge in [-0.1, -0.05) is 0 Å². The lowest BCUT2D eigenvalue weighted by molar-refractivity contribution is 0.121. The van der Waals surface area contributed by atoms with Crippen LogP contribution in [0.25, 0.3) is 11.0 Å². The zero-order chi connectivity index (χ0) is 19.5. The Balaban J connectivity index is 1.52. The summed E-state index contributed by atoms with van der Waals surface area (Å²) in [6, 6.07) is 5.43. The summed E-state index contributed by atoms with van der Waals surface area (Å²) in [5.74, 6) is 1.32. The molecule has 0 saturated carbocycles. The van der Waals surface area contributed by atoms with Gasteiger partial charge in [-0.05, 0) is 38.4 Å². The molecule has 0 bridgehead atoms. The molecule has 28 heavy (non-hydrogen) atoms. The first-order valence-corrected chi connectivity index (χ1v) is 10.0. The van der Waals surface area contributed by atoms with Crippen LogP contribution in [0.3, 0.4) is 0 Å². The average Bonchev–Trinajstić information content (AvgIpc) is 3.18. The molecule has 0 amide bonds. The minimum absolute atomic E-state index is 0.0414. The monoisotopic (exact) mass is 388 g/mol. The van der Waals surface area contributed by atoms with Gasteiger partial charge in [0.15, 0.2) is 11.3 Å². The maximum absolute atomic E-state index is 12.6. The van der Waals surface area contributed by atoms with E-state index in [-0.39, 0.29) is 18.1 Å². The van der Waals surface area contributed by atoms with Crippen LogP contribution >= 0.6 is 0 Å². The number of aliphatic hydroxyl groups is 1. The summed E-state index contributed by atoms with van der Waals surface area (Å²) in [5.41, 5.74) is 1.38. The molecule has 1 aromatic carbocycles. The topological polar surface area (TPSA) is 75.4 Å². The SMILES string of the molecule is Cc1c(OCCN2CCC[C@@H]2CO)ccc2c(=O)cc(N3CCOCC3)oc12. The molecule has 2 aliphatic rings. The molecule has 0 spiro atoms. The van der Waals surface area contributed by atoms with Gasteiger partial charge in [-0.3, -0.25) is 9.69 Å². The number of benzene rings is 1. The zero-order valence-corrected chi connectivity index (χ0v) is 16.4. The van der Waals surface area contributed by atoms with E-state index in [0.29, 0.717) is 49.8 Å². The van der Waals surface area contributed by atoms with Crippen molar-refractivity contribution in [2.24, 2.45) is 0 Å². The summed E-state index contributed by atoms with van der Waals surface area (Å²) in [6.45, 7) is 7.14. The molecule has 7 heteroatoms. The molecule has 4 rings (SSSR count). The van der Waals surface area contributed by atoms with Crippen molar-refractivity contribution in [2.45, 2.75) is 25.8 Å². The molecule has 1 atom stereocenters. The number of ether oxygens (including phenoxy) is 2. The van der Waals surface area contributed by atoms with E-state index < -0.39 is 0 Å². The maximum atomic E-state index is 12.6. The van der Waals surface area contributed by atoms with Gasteiger partial charge in [-0.25, -0.2) is 0 Å². The molecular formula is C21H28N2O5. The number of hydrogen-bond acceptors (Lipinski definition) is 7. The highest BCUT2D eigenvalue weighted by Gasteiger charge is 2.23. The molecule has 0 unspecified atom stereocenters. The van der Waals surface area contributed by atoms with Gasteiger partial charge in [-0.2, -0.15) is 0 Å². The van der Waals surface area contributed by atoms with Crippen molar-refractivity contribution in [1.82, 2.24) is 4.90 Å².